The number of phenolic OH excluding ortho intramolecular Hbond substituents is 1. The number of ether oxygens (including phenoxy) is 1. The number of hydrogen-bond donors (Lipinski definition) is 1. The molecule has 1 aromatic carbocycles. The van der Waals surface area contributed by atoms with Crippen LogP contribution < -0.4 is 0 Å². The van der Waals surface area contributed by atoms with E-state index >= 15 is 0 Å². The van der Waals surface area contributed by atoms with Crippen molar-refractivity contribution < 1.29 is 14.6 Å². The zero-order valence-corrected chi connectivity index (χ0v) is 26.3. The molecule has 3 heteroatoms. The van der Waals surface area contributed by atoms with Crippen molar-refractivity contribution in [2.45, 2.75) is 163 Å². The Labute approximate surface area is 236 Å². The number of aromatic hydroxyl groups is 1. The summed E-state index contributed by atoms with van der Waals surface area (Å²) in [5, 5.41) is 9.85. The number of carbonyl (C=O) groups excluding carboxylic acids is 1. The summed E-state index contributed by atoms with van der Waals surface area (Å²) in [5.74, 6) is 0.0837. The largest absolute Gasteiger partial charge is 0.508 e. The Balaban J connectivity index is 2.35. The van der Waals surface area contributed by atoms with E-state index in [2.05, 4.69) is 48.5 Å². The van der Waals surface area contributed by atoms with E-state index in [1.807, 2.05) is 12.1 Å². The van der Waals surface area contributed by atoms with E-state index in [4.69, 9.17) is 4.74 Å². The Bertz CT molecular complexity index is 738. The van der Waals surface area contributed by atoms with Crippen LogP contribution in [0, 0.1) is 10.8 Å². The molecule has 1 rings (SSSR count). The van der Waals surface area contributed by atoms with Gasteiger partial charge in [-0.3, -0.25) is 4.79 Å². The van der Waals surface area contributed by atoms with E-state index in [0.717, 1.165) is 18.4 Å². The van der Waals surface area contributed by atoms with Crippen molar-refractivity contribution in [1.82, 2.24) is 0 Å². The van der Waals surface area contributed by atoms with Gasteiger partial charge in [-0.25, -0.2) is 0 Å². The highest BCUT2D eigenvalue weighted by atomic mass is 16.5. The van der Waals surface area contributed by atoms with E-state index in [-0.39, 0.29) is 22.5 Å². The van der Waals surface area contributed by atoms with Gasteiger partial charge in [0.25, 0.3) is 0 Å². The molecule has 1 unspecified atom stereocenters. The maximum Gasteiger partial charge on any atom is 0.317 e. The van der Waals surface area contributed by atoms with Gasteiger partial charge >= 0.3 is 5.97 Å². The maximum atomic E-state index is 13.8. The van der Waals surface area contributed by atoms with Crippen LogP contribution in [-0.4, -0.2) is 17.7 Å². The Morgan fingerprint density at radius 3 is 1.42 bits per heavy atom. The highest BCUT2D eigenvalue weighted by Gasteiger charge is 2.52. The monoisotopic (exact) mass is 530 g/mol. The Hall–Kier alpha value is -1.51. The van der Waals surface area contributed by atoms with Gasteiger partial charge in [-0.2, -0.15) is 0 Å². The summed E-state index contributed by atoms with van der Waals surface area (Å²) < 4.78 is 5.98. The second-order valence-electron chi connectivity index (χ2n) is 13.9. The third-order valence-corrected chi connectivity index (χ3v) is 8.02. The standard InChI is InChI=1S/C35H62O3/c1-8-9-10-11-12-13-14-15-16-17-18-19-20-21-22-23-28-38-32(37)35(34(5,6)7,29-33(2,3)4)30-24-26-31(36)27-25-30/h24-27,36H,8-23,28-29H2,1-7H3. The van der Waals surface area contributed by atoms with E-state index < -0.39 is 5.41 Å². The van der Waals surface area contributed by atoms with Crippen LogP contribution in [-0.2, 0) is 14.9 Å². The maximum absolute atomic E-state index is 13.8. The predicted octanol–water partition coefficient (Wildman–Crippen LogP) is 10.9. The van der Waals surface area contributed by atoms with Crippen LogP contribution in [0.1, 0.15) is 163 Å². The zero-order valence-electron chi connectivity index (χ0n) is 26.3. The van der Waals surface area contributed by atoms with Crippen LogP contribution in [0.4, 0.5) is 0 Å². The lowest BCUT2D eigenvalue weighted by molar-refractivity contribution is -0.158. The molecule has 220 valence electrons. The fraction of sp³-hybridized carbons (Fsp3) is 0.800. The van der Waals surface area contributed by atoms with Crippen molar-refractivity contribution in [1.29, 1.82) is 0 Å². The summed E-state index contributed by atoms with van der Waals surface area (Å²) in [6.07, 6.45) is 22.0. The molecule has 0 aromatic heterocycles. The molecule has 0 saturated carbocycles. The number of carbonyl (C=O) groups is 1. The molecule has 0 spiro atoms. The van der Waals surface area contributed by atoms with Gasteiger partial charge in [-0.1, -0.05) is 157 Å². The summed E-state index contributed by atoms with van der Waals surface area (Å²) in [6.45, 7) is 15.7. The fourth-order valence-electron chi connectivity index (χ4n) is 5.78. The van der Waals surface area contributed by atoms with E-state index in [9.17, 15) is 9.90 Å². The Morgan fingerprint density at radius 2 is 1.05 bits per heavy atom. The van der Waals surface area contributed by atoms with Crippen LogP contribution in [0.25, 0.3) is 0 Å². The van der Waals surface area contributed by atoms with Crippen molar-refractivity contribution in [3.8, 4) is 5.75 Å². The molecule has 0 amide bonds. The summed E-state index contributed by atoms with van der Waals surface area (Å²) in [4.78, 5) is 13.8. The number of unbranched alkanes of at least 4 members (excludes halogenated alkanes) is 15. The second-order valence-corrected chi connectivity index (χ2v) is 13.9. The molecule has 0 aliphatic heterocycles. The highest BCUT2D eigenvalue weighted by Crippen LogP contribution is 2.50. The molecule has 1 N–H and O–H groups in total. The molecule has 1 aromatic rings. The third-order valence-electron chi connectivity index (χ3n) is 8.02. The van der Waals surface area contributed by atoms with Crippen LogP contribution >= 0.6 is 0 Å². The number of phenols is 1. The molecule has 0 aliphatic rings. The van der Waals surface area contributed by atoms with Gasteiger partial charge < -0.3 is 9.84 Å². The van der Waals surface area contributed by atoms with E-state index in [1.165, 1.54) is 89.9 Å². The molecule has 1 atom stereocenters. The first-order chi connectivity index (χ1) is 17.9. The lowest BCUT2D eigenvalue weighted by atomic mass is 9.57. The average Bonchev–Trinajstić information content (AvgIpc) is 2.83. The molecular formula is C35H62O3. The SMILES string of the molecule is CCCCCCCCCCCCCCCCCCOC(=O)C(CC(C)(C)C)(c1ccc(O)cc1)C(C)(C)C. The zero-order chi connectivity index (χ0) is 28.5. The topological polar surface area (TPSA) is 46.5 Å². The lowest BCUT2D eigenvalue weighted by Gasteiger charge is -2.46. The minimum atomic E-state index is -0.770. The van der Waals surface area contributed by atoms with Crippen LogP contribution in [0.5, 0.6) is 5.75 Å². The van der Waals surface area contributed by atoms with Crippen molar-refractivity contribution in [2.75, 3.05) is 6.61 Å². The Morgan fingerprint density at radius 1 is 0.658 bits per heavy atom. The van der Waals surface area contributed by atoms with Crippen LogP contribution in [0.15, 0.2) is 24.3 Å². The quantitative estimate of drug-likeness (QED) is 0.135. The van der Waals surface area contributed by atoms with Gasteiger partial charge in [-0.15, -0.1) is 0 Å². The summed E-state index contributed by atoms with van der Waals surface area (Å²) in [5.41, 5.74) is -0.232. The molecule has 0 fully saturated rings. The van der Waals surface area contributed by atoms with E-state index in [0.29, 0.717) is 13.0 Å². The van der Waals surface area contributed by atoms with Crippen molar-refractivity contribution >= 4 is 5.97 Å². The van der Waals surface area contributed by atoms with Gasteiger partial charge in [0.2, 0.25) is 0 Å². The summed E-state index contributed by atoms with van der Waals surface area (Å²) in [7, 11) is 0. The molecule has 0 heterocycles. The first kappa shape index (κ1) is 34.5. The number of benzene rings is 1. The van der Waals surface area contributed by atoms with Gasteiger partial charge in [0.1, 0.15) is 5.75 Å². The molecule has 0 bridgehead atoms. The number of hydrogen-bond acceptors (Lipinski definition) is 3. The summed E-state index contributed by atoms with van der Waals surface area (Å²) >= 11 is 0. The number of esters is 1. The molecule has 3 nitrogen and oxygen atoms in total. The third kappa shape index (κ3) is 13.0. The van der Waals surface area contributed by atoms with Crippen LogP contribution in [0.3, 0.4) is 0 Å². The van der Waals surface area contributed by atoms with Gasteiger partial charge in [0, 0.05) is 0 Å². The smallest absolute Gasteiger partial charge is 0.317 e. The minimum absolute atomic E-state index is 0.0571. The number of rotatable bonds is 20. The molecule has 0 saturated heterocycles. The molecule has 0 radical (unpaired) electrons. The Kier molecular flexibility index (Phi) is 16.3. The normalized spacial score (nSPS) is 13.9. The summed E-state index contributed by atoms with van der Waals surface area (Å²) in [6, 6.07) is 7.15. The second kappa shape index (κ2) is 18.0. The van der Waals surface area contributed by atoms with Gasteiger partial charge in [0.15, 0.2) is 0 Å². The lowest BCUT2D eigenvalue weighted by Crippen LogP contribution is -2.50. The van der Waals surface area contributed by atoms with Crippen LogP contribution in [0.2, 0.25) is 0 Å². The predicted molar refractivity (Wildman–Crippen MR) is 164 cm³/mol. The highest BCUT2D eigenvalue weighted by molar-refractivity contribution is 5.84. The van der Waals surface area contributed by atoms with Crippen molar-refractivity contribution in [3.05, 3.63) is 29.8 Å². The van der Waals surface area contributed by atoms with E-state index in [1.54, 1.807) is 12.1 Å². The molecule has 38 heavy (non-hydrogen) atoms. The van der Waals surface area contributed by atoms with Crippen molar-refractivity contribution in [3.63, 3.8) is 0 Å². The fourth-order valence-corrected chi connectivity index (χ4v) is 5.78. The average molecular weight is 531 g/mol. The van der Waals surface area contributed by atoms with Gasteiger partial charge in [0.05, 0.1) is 12.0 Å². The minimum Gasteiger partial charge on any atom is -0.508 e. The van der Waals surface area contributed by atoms with Gasteiger partial charge in [-0.05, 0) is 41.4 Å². The first-order valence-corrected chi connectivity index (χ1v) is 15.9. The molecule has 0 aliphatic carbocycles. The molecular weight excluding hydrogens is 468 g/mol. The first-order valence-electron chi connectivity index (χ1n) is 15.9. The van der Waals surface area contributed by atoms with Crippen molar-refractivity contribution in [2.24, 2.45) is 10.8 Å².